The van der Waals surface area contributed by atoms with Gasteiger partial charge in [-0.05, 0) is 24.1 Å². The third-order valence-corrected chi connectivity index (χ3v) is 4.26. The molecule has 18 heavy (non-hydrogen) atoms. The molecular weight excluding hydrogens is 266 g/mol. The Morgan fingerprint density at radius 2 is 2.06 bits per heavy atom. The SMILES string of the molecule is CC(C)NCc1c(Cl)cccc1SC(C)CCO. The lowest BCUT2D eigenvalue weighted by Crippen LogP contribution is -2.22. The number of hydrogen-bond acceptors (Lipinski definition) is 3. The summed E-state index contributed by atoms with van der Waals surface area (Å²) in [5, 5.41) is 13.6. The van der Waals surface area contributed by atoms with Crippen LogP contribution in [0.5, 0.6) is 0 Å². The van der Waals surface area contributed by atoms with E-state index in [9.17, 15) is 0 Å². The van der Waals surface area contributed by atoms with Gasteiger partial charge in [-0.25, -0.2) is 0 Å². The number of hydrogen-bond donors (Lipinski definition) is 2. The predicted octanol–water partition coefficient (Wildman–Crippen LogP) is 3.70. The molecule has 0 radical (unpaired) electrons. The van der Waals surface area contributed by atoms with Gasteiger partial charge in [0.05, 0.1) is 0 Å². The number of benzene rings is 1. The van der Waals surface area contributed by atoms with Crippen LogP contribution in [0.2, 0.25) is 5.02 Å². The quantitative estimate of drug-likeness (QED) is 0.750. The highest BCUT2D eigenvalue weighted by Gasteiger charge is 2.11. The van der Waals surface area contributed by atoms with E-state index < -0.39 is 0 Å². The molecule has 1 rings (SSSR count). The highest BCUT2D eigenvalue weighted by Crippen LogP contribution is 2.32. The van der Waals surface area contributed by atoms with E-state index in [1.165, 1.54) is 4.90 Å². The van der Waals surface area contributed by atoms with E-state index in [0.717, 1.165) is 23.6 Å². The van der Waals surface area contributed by atoms with Gasteiger partial charge >= 0.3 is 0 Å². The third-order valence-electron chi connectivity index (χ3n) is 2.63. The van der Waals surface area contributed by atoms with Gasteiger partial charge in [0.1, 0.15) is 0 Å². The summed E-state index contributed by atoms with van der Waals surface area (Å²) in [6.45, 7) is 7.39. The third kappa shape index (κ3) is 5.19. The van der Waals surface area contributed by atoms with Crippen LogP contribution < -0.4 is 5.32 Å². The molecule has 0 aliphatic rings. The lowest BCUT2D eigenvalue weighted by Gasteiger charge is -2.16. The second-order valence-corrected chi connectivity index (χ2v) is 6.58. The van der Waals surface area contributed by atoms with Crippen molar-refractivity contribution in [2.45, 2.75) is 49.9 Å². The molecule has 0 bridgehead atoms. The molecular formula is C14H22ClNOS. The largest absolute Gasteiger partial charge is 0.396 e. The first-order chi connectivity index (χ1) is 8.54. The Bertz CT molecular complexity index is 371. The van der Waals surface area contributed by atoms with E-state index >= 15 is 0 Å². The van der Waals surface area contributed by atoms with Crippen LogP contribution in [0.15, 0.2) is 23.1 Å². The standard InChI is InChI=1S/C14H22ClNOS/c1-10(2)16-9-12-13(15)5-4-6-14(12)18-11(3)7-8-17/h4-6,10-11,16-17H,7-9H2,1-3H3. The van der Waals surface area contributed by atoms with E-state index in [4.69, 9.17) is 16.7 Å². The molecule has 0 amide bonds. The van der Waals surface area contributed by atoms with Crippen LogP contribution >= 0.6 is 23.4 Å². The van der Waals surface area contributed by atoms with E-state index in [0.29, 0.717) is 11.3 Å². The van der Waals surface area contributed by atoms with Gasteiger partial charge in [0.2, 0.25) is 0 Å². The molecule has 102 valence electrons. The van der Waals surface area contributed by atoms with Crippen molar-refractivity contribution in [3.63, 3.8) is 0 Å². The van der Waals surface area contributed by atoms with Gasteiger partial charge in [0, 0.05) is 34.4 Å². The monoisotopic (exact) mass is 287 g/mol. The van der Waals surface area contributed by atoms with Gasteiger partial charge in [-0.2, -0.15) is 0 Å². The van der Waals surface area contributed by atoms with Crippen molar-refractivity contribution in [2.75, 3.05) is 6.61 Å². The van der Waals surface area contributed by atoms with Crippen LogP contribution in [-0.4, -0.2) is 23.0 Å². The fraction of sp³-hybridized carbons (Fsp3) is 0.571. The Morgan fingerprint density at radius 3 is 2.67 bits per heavy atom. The van der Waals surface area contributed by atoms with E-state index in [-0.39, 0.29) is 6.61 Å². The summed E-state index contributed by atoms with van der Waals surface area (Å²) in [4.78, 5) is 1.21. The summed E-state index contributed by atoms with van der Waals surface area (Å²) in [5.41, 5.74) is 1.16. The molecule has 2 N–H and O–H groups in total. The van der Waals surface area contributed by atoms with Gasteiger partial charge in [-0.3, -0.25) is 0 Å². The number of thioether (sulfide) groups is 1. The van der Waals surface area contributed by atoms with Gasteiger partial charge in [0.15, 0.2) is 0 Å². The van der Waals surface area contributed by atoms with E-state index in [1.807, 2.05) is 12.1 Å². The van der Waals surface area contributed by atoms with Gasteiger partial charge < -0.3 is 10.4 Å². The second-order valence-electron chi connectivity index (χ2n) is 4.69. The second kappa shape index (κ2) is 8.05. The van der Waals surface area contributed by atoms with Crippen molar-refractivity contribution in [3.8, 4) is 0 Å². The summed E-state index contributed by atoms with van der Waals surface area (Å²) in [6, 6.07) is 6.45. The summed E-state index contributed by atoms with van der Waals surface area (Å²) < 4.78 is 0. The van der Waals surface area contributed by atoms with Crippen molar-refractivity contribution >= 4 is 23.4 Å². The maximum Gasteiger partial charge on any atom is 0.0462 e. The van der Waals surface area contributed by atoms with Crippen LogP contribution in [0.25, 0.3) is 0 Å². The first-order valence-electron chi connectivity index (χ1n) is 6.33. The minimum Gasteiger partial charge on any atom is -0.396 e. The van der Waals surface area contributed by atoms with E-state index in [1.54, 1.807) is 11.8 Å². The minimum absolute atomic E-state index is 0.230. The molecule has 0 saturated carbocycles. The molecule has 0 aliphatic carbocycles. The Kier molecular flexibility index (Phi) is 7.08. The Labute approximate surface area is 119 Å². The fourth-order valence-corrected chi connectivity index (χ4v) is 3.02. The maximum absolute atomic E-state index is 8.96. The van der Waals surface area contributed by atoms with Gasteiger partial charge in [-0.15, -0.1) is 11.8 Å². The topological polar surface area (TPSA) is 32.3 Å². The average molecular weight is 288 g/mol. The van der Waals surface area contributed by atoms with Gasteiger partial charge in [-0.1, -0.05) is 38.4 Å². The molecule has 1 aromatic carbocycles. The summed E-state index contributed by atoms with van der Waals surface area (Å²) >= 11 is 8.05. The summed E-state index contributed by atoms with van der Waals surface area (Å²) in [6.07, 6.45) is 0.800. The number of nitrogens with one attached hydrogen (secondary N) is 1. The number of aliphatic hydroxyl groups is 1. The normalized spacial score (nSPS) is 13.0. The van der Waals surface area contributed by atoms with Crippen molar-refractivity contribution in [2.24, 2.45) is 0 Å². The molecule has 1 atom stereocenters. The molecule has 0 aliphatic heterocycles. The molecule has 1 aromatic rings. The zero-order valence-electron chi connectivity index (χ0n) is 11.2. The molecule has 0 saturated heterocycles. The maximum atomic E-state index is 8.96. The smallest absolute Gasteiger partial charge is 0.0462 e. The Balaban J connectivity index is 2.79. The van der Waals surface area contributed by atoms with Crippen molar-refractivity contribution in [1.82, 2.24) is 5.32 Å². The zero-order chi connectivity index (χ0) is 13.5. The Morgan fingerprint density at radius 1 is 1.33 bits per heavy atom. The minimum atomic E-state index is 0.230. The lowest BCUT2D eigenvalue weighted by molar-refractivity contribution is 0.289. The zero-order valence-corrected chi connectivity index (χ0v) is 12.8. The molecule has 0 spiro atoms. The molecule has 0 heterocycles. The predicted molar refractivity (Wildman–Crippen MR) is 80.4 cm³/mol. The number of halogens is 1. The Hall–Kier alpha value is -0.220. The summed E-state index contributed by atoms with van der Waals surface area (Å²) in [5.74, 6) is 0. The van der Waals surface area contributed by atoms with Crippen molar-refractivity contribution < 1.29 is 5.11 Å². The highest BCUT2D eigenvalue weighted by molar-refractivity contribution is 8.00. The van der Waals surface area contributed by atoms with Crippen molar-refractivity contribution in [3.05, 3.63) is 28.8 Å². The van der Waals surface area contributed by atoms with Crippen LogP contribution in [0.3, 0.4) is 0 Å². The molecule has 0 fully saturated rings. The molecule has 0 aromatic heterocycles. The fourth-order valence-electron chi connectivity index (χ4n) is 1.58. The van der Waals surface area contributed by atoms with Crippen LogP contribution in [0.4, 0.5) is 0 Å². The first-order valence-corrected chi connectivity index (χ1v) is 7.58. The highest BCUT2D eigenvalue weighted by atomic mass is 35.5. The van der Waals surface area contributed by atoms with Crippen LogP contribution in [0, 0.1) is 0 Å². The van der Waals surface area contributed by atoms with Crippen molar-refractivity contribution in [1.29, 1.82) is 0 Å². The van der Waals surface area contributed by atoms with Crippen LogP contribution in [-0.2, 0) is 6.54 Å². The molecule has 2 nitrogen and oxygen atoms in total. The molecule has 1 unspecified atom stereocenters. The van der Waals surface area contributed by atoms with E-state index in [2.05, 4.69) is 32.2 Å². The average Bonchev–Trinajstić information content (AvgIpc) is 2.28. The summed E-state index contributed by atoms with van der Waals surface area (Å²) in [7, 11) is 0. The number of aliphatic hydroxyl groups excluding tert-OH is 1. The molecule has 4 heteroatoms. The number of rotatable bonds is 7. The lowest BCUT2D eigenvalue weighted by atomic mass is 10.2. The first kappa shape index (κ1) is 15.8. The van der Waals surface area contributed by atoms with Gasteiger partial charge in [0.25, 0.3) is 0 Å². The van der Waals surface area contributed by atoms with Crippen LogP contribution in [0.1, 0.15) is 32.8 Å².